The van der Waals surface area contributed by atoms with E-state index in [1.807, 2.05) is 0 Å². The number of carbonyl (C=O) groups excluding carboxylic acids is 1. The Hall–Kier alpha value is -2.17. The highest BCUT2D eigenvalue weighted by atomic mass is 16.5. The van der Waals surface area contributed by atoms with Gasteiger partial charge in [-0.1, -0.05) is 13.8 Å². The third-order valence-electron chi connectivity index (χ3n) is 3.64. The lowest BCUT2D eigenvalue weighted by Gasteiger charge is -2.23. The summed E-state index contributed by atoms with van der Waals surface area (Å²) < 4.78 is 4.97. The SMILES string of the molecule is COc1ccc(N=CC2=C(O)CC(CC(C)C)CC2=O)cn1. The van der Waals surface area contributed by atoms with E-state index in [-0.39, 0.29) is 17.5 Å². The predicted molar refractivity (Wildman–Crippen MR) is 85.8 cm³/mol. The molecule has 1 aromatic heterocycles. The normalized spacial score (nSPS) is 19.3. The van der Waals surface area contributed by atoms with Gasteiger partial charge in [0.15, 0.2) is 5.78 Å². The van der Waals surface area contributed by atoms with Crippen LogP contribution in [0, 0.1) is 11.8 Å². The van der Waals surface area contributed by atoms with Crippen LogP contribution in [0.3, 0.4) is 0 Å². The first-order valence-electron chi connectivity index (χ1n) is 7.49. The van der Waals surface area contributed by atoms with Gasteiger partial charge in [-0.15, -0.1) is 0 Å². The Bertz CT molecular complexity index is 588. The van der Waals surface area contributed by atoms with Crippen LogP contribution in [0.1, 0.15) is 33.1 Å². The lowest BCUT2D eigenvalue weighted by molar-refractivity contribution is -0.116. The number of carbonyl (C=O) groups is 1. The number of aromatic nitrogens is 1. The van der Waals surface area contributed by atoms with Crippen LogP contribution < -0.4 is 4.74 Å². The largest absolute Gasteiger partial charge is 0.511 e. The molecule has 5 nitrogen and oxygen atoms in total. The third-order valence-corrected chi connectivity index (χ3v) is 3.64. The zero-order valence-corrected chi connectivity index (χ0v) is 13.2. The number of rotatable bonds is 5. The van der Waals surface area contributed by atoms with Gasteiger partial charge in [-0.3, -0.25) is 9.79 Å². The molecule has 0 radical (unpaired) electrons. The van der Waals surface area contributed by atoms with Crippen molar-refractivity contribution in [2.75, 3.05) is 7.11 Å². The summed E-state index contributed by atoms with van der Waals surface area (Å²) in [6, 6.07) is 3.44. The summed E-state index contributed by atoms with van der Waals surface area (Å²) in [7, 11) is 1.54. The zero-order chi connectivity index (χ0) is 16.1. The number of pyridine rings is 1. The molecule has 1 aromatic rings. The lowest BCUT2D eigenvalue weighted by atomic mass is 9.82. The van der Waals surface area contributed by atoms with Crippen LogP contribution in [0.5, 0.6) is 5.88 Å². The molecule has 0 fully saturated rings. The van der Waals surface area contributed by atoms with Crippen molar-refractivity contribution in [2.24, 2.45) is 16.8 Å². The highest BCUT2D eigenvalue weighted by molar-refractivity contribution is 6.14. The summed E-state index contributed by atoms with van der Waals surface area (Å²) >= 11 is 0. The van der Waals surface area contributed by atoms with Gasteiger partial charge in [0.2, 0.25) is 5.88 Å². The Kier molecular flexibility index (Phi) is 5.31. The second-order valence-corrected chi connectivity index (χ2v) is 6.00. The summed E-state index contributed by atoms with van der Waals surface area (Å²) in [5.74, 6) is 1.36. The first-order valence-corrected chi connectivity index (χ1v) is 7.49. The minimum absolute atomic E-state index is 0.0420. The molecule has 0 amide bonds. The first kappa shape index (κ1) is 16.2. The van der Waals surface area contributed by atoms with Crippen LogP contribution in [-0.4, -0.2) is 29.2 Å². The molecule has 5 heteroatoms. The molecule has 0 saturated heterocycles. The number of methoxy groups -OCH3 is 1. The van der Waals surface area contributed by atoms with Crippen molar-refractivity contribution < 1.29 is 14.6 Å². The van der Waals surface area contributed by atoms with Crippen LogP contribution in [0.4, 0.5) is 5.69 Å². The van der Waals surface area contributed by atoms with Gasteiger partial charge in [0.1, 0.15) is 5.76 Å². The monoisotopic (exact) mass is 302 g/mol. The van der Waals surface area contributed by atoms with Crippen LogP contribution in [0.2, 0.25) is 0 Å². The summed E-state index contributed by atoms with van der Waals surface area (Å²) in [5, 5.41) is 10.1. The highest BCUT2D eigenvalue weighted by Crippen LogP contribution is 2.30. The van der Waals surface area contributed by atoms with Crippen molar-refractivity contribution in [1.82, 2.24) is 4.98 Å². The van der Waals surface area contributed by atoms with Gasteiger partial charge in [-0.05, 0) is 24.3 Å². The van der Waals surface area contributed by atoms with E-state index < -0.39 is 0 Å². The fourth-order valence-corrected chi connectivity index (χ4v) is 2.68. The average molecular weight is 302 g/mol. The van der Waals surface area contributed by atoms with Crippen molar-refractivity contribution in [3.63, 3.8) is 0 Å². The number of hydrogen-bond acceptors (Lipinski definition) is 5. The predicted octanol–water partition coefficient (Wildman–Crippen LogP) is 3.63. The number of ketones is 1. The number of ether oxygens (including phenoxy) is 1. The Morgan fingerprint density at radius 3 is 2.77 bits per heavy atom. The quantitative estimate of drug-likeness (QED) is 0.843. The molecule has 0 aliphatic heterocycles. The Morgan fingerprint density at radius 1 is 1.45 bits per heavy atom. The average Bonchev–Trinajstić information content (AvgIpc) is 2.46. The summed E-state index contributed by atoms with van der Waals surface area (Å²) in [4.78, 5) is 20.4. The molecule has 0 aromatic carbocycles. The maximum atomic E-state index is 12.2. The van der Waals surface area contributed by atoms with Gasteiger partial charge >= 0.3 is 0 Å². The highest BCUT2D eigenvalue weighted by Gasteiger charge is 2.27. The van der Waals surface area contributed by atoms with Gasteiger partial charge in [-0.2, -0.15) is 0 Å². The van der Waals surface area contributed by atoms with E-state index in [0.29, 0.717) is 35.9 Å². The standard InChI is InChI=1S/C17H22N2O3/c1-11(2)6-12-7-15(20)14(16(21)8-12)10-18-13-4-5-17(22-3)19-9-13/h4-5,9-12,20H,6-8H2,1-3H3. The second-order valence-electron chi connectivity index (χ2n) is 6.00. The Morgan fingerprint density at radius 2 is 2.23 bits per heavy atom. The fraction of sp³-hybridized carbons (Fsp3) is 0.471. The van der Waals surface area contributed by atoms with Crippen molar-refractivity contribution >= 4 is 17.7 Å². The summed E-state index contributed by atoms with van der Waals surface area (Å²) in [6.45, 7) is 4.25. The minimum Gasteiger partial charge on any atom is -0.511 e. The molecule has 1 heterocycles. The van der Waals surface area contributed by atoms with Gasteiger partial charge in [-0.25, -0.2) is 4.98 Å². The number of allylic oxidation sites excluding steroid dienone is 2. The van der Waals surface area contributed by atoms with Gasteiger partial charge in [0, 0.05) is 25.1 Å². The number of Topliss-reactive ketones (excluding diaryl/α,β-unsaturated/α-hetero) is 1. The molecule has 118 valence electrons. The Balaban J connectivity index is 2.10. The molecule has 1 N–H and O–H groups in total. The lowest BCUT2D eigenvalue weighted by Crippen LogP contribution is -2.21. The van der Waals surface area contributed by atoms with E-state index in [1.54, 1.807) is 25.4 Å². The smallest absolute Gasteiger partial charge is 0.213 e. The molecule has 1 aliphatic carbocycles. The number of aliphatic hydroxyl groups excluding tert-OH is 1. The summed E-state index contributed by atoms with van der Waals surface area (Å²) in [5.41, 5.74) is 0.925. The van der Waals surface area contributed by atoms with Crippen LogP contribution in [0.15, 0.2) is 34.7 Å². The van der Waals surface area contributed by atoms with E-state index in [0.717, 1.165) is 6.42 Å². The van der Waals surface area contributed by atoms with Crippen molar-refractivity contribution in [1.29, 1.82) is 0 Å². The first-order chi connectivity index (χ1) is 10.5. The molecular formula is C17H22N2O3. The molecule has 2 rings (SSSR count). The second kappa shape index (κ2) is 7.20. The molecular weight excluding hydrogens is 280 g/mol. The third kappa shape index (κ3) is 4.16. The molecule has 0 spiro atoms. The van der Waals surface area contributed by atoms with E-state index in [2.05, 4.69) is 23.8 Å². The number of nitrogens with zero attached hydrogens (tertiary/aromatic N) is 2. The maximum absolute atomic E-state index is 12.2. The molecule has 22 heavy (non-hydrogen) atoms. The topological polar surface area (TPSA) is 71.8 Å². The molecule has 0 bridgehead atoms. The van der Waals surface area contributed by atoms with Gasteiger partial charge in [0.25, 0.3) is 0 Å². The van der Waals surface area contributed by atoms with E-state index in [1.165, 1.54) is 6.21 Å². The molecule has 1 atom stereocenters. The summed E-state index contributed by atoms with van der Waals surface area (Å²) in [6.07, 6.45) is 4.97. The maximum Gasteiger partial charge on any atom is 0.213 e. The number of aliphatic hydroxyl groups is 1. The fourth-order valence-electron chi connectivity index (χ4n) is 2.68. The van der Waals surface area contributed by atoms with Crippen LogP contribution in [0.25, 0.3) is 0 Å². The molecule has 0 saturated carbocycles. The Labute approximate surface area is 130 Å². The molecule has 1 aliphatic rings. The number of hydrogen-bond donors (Lipinski definition) is 1. The van der Waals surface area contributed by atoms with Crippen molar-refractivity contribution in [3.05, 3.63) is 29.7 Å². The van der Waals surface area contributed by atoms with E-state index in [4.69, 9.17) is 4.74 Å². The van der Waals surface area contributed by atoms with Gasteiger partial charge < -0.3 is 9.84 Å². The molecule has 1 unspecified atom stereocenters. The van der Waals surface area contributed by atoms with Crippen molar-refractivity contribution in [2.45, 2.75) is 33.1 Å². The van der Waals surface area contributed by atoms with E-state index >= 15 is 0 Å². The van der Waals surface area contributed by atoms with Crippen LogP contribution in [-0.2, 0) is 4.79 Å². The van der Waals surface area contributed by atoms with Gasteiger partial charge in [0.05, 0.1) is 24.6 Å². The van der Waals surface area contributed by atoms with E-state index in [9.17, 15) is 9.90 Å². The van der Waals surface area contributed by atoms with Crippen LogP contribution >= 0.6 is 0 Å². The zero-order valence-electron chi connectivity index (χ0n) is 13.2. The number of aliphatic imine (C=N–C) groups is 1. The van der Waals surface area contributed by atoms with Crippen molar-refractivity contribution in [3.8, 4) is 5.88 Å². The minimum atomic E-state index is -0.0420.